The molecule has 0 spiro atoms. The summed E-state index contributed by atoms with van der Waals surface area (Å²) in [6.07, 6.45) is 1.43. The molecular weight excluding hydrogens is 452 g/mol. The molecule has 168 valence electrons. The Hall–Kier alpha value is -4.49. The molecule has 4 aromatic rings. The number of para-hydroxylation sites is 1. The first-order chi connectivity index (χ1) is 16.4. The van der Waals surface area contributed by atoms with Gasteiger partial charge in [-0.25, -0.2) is 4.98 Å². The van der Waals surface area contributed by atoms with Crippen molar-refractivity contribution in [2.24, 2.45) is 5.73 Å². The van der Waals surface area contributed by atoms with Crippen molar-refractivity contribution in [2.75, 3.05) is 10.6 Å². The number of aromatic nitrogens is 1. The van der Waals surface area contributed by atoms with Gasteiger partial charge in [-0.05, 0) is 53.6 Å². The quantitative estimate of drug-likeness (QED) is 0.367. The number of hydrogen-bond acceptors (Lipinski definition) is 4. The van der Waals surface area contributed by atoms with Crippen LogP contribution in [0.3, 0.4) is 0 Å². The van der Waals surface area contributed by atoms with Crippen LogP contribution in [-0.4, -0.2) is 22.7 Å². The first kappa shape index (κ1) is 22.7. The molecule has 0 aliphatic carbocycles. The lowest BCUT2D eigenvalue weighted by Gasteiger charge is -2.12. The minimum atomic E-state index is -0.527. The molecule has 0 aliphatic rings. The first-order valence-corrected chi connectivity index (χ1v) is 10.6. The minimum absolute atomic E-state index is 0.277. The van der Waals surface area contributed by atoms with Crippen LogP contribution in [-0.2, 0) is 0 Å². The summed E-state index contributed by atoms with van der Waals surface area (Å²) >= 11 is 5.83. The van der Waals surface area contributed by atoms with Gasteiger partial charge in [0.25, 0.3) is 11.8 Å². The molecule has 0 bridgehead atoms. The second-order valence-corrected chi connectivity index (χ2v) is 7.74. The van der Waals surface area contributed by atoms with Crippen LogP contribution in [0.15, 0.2) is 91.1 Å². The van der Waals surface area contributed by atoms with Gasteiger partial charge in [-0.3, -0.25) is 14.4 Å². The van der Waals surface area contributed by atoms with Crippen LogP contribution in [0.5, 0.6) is 0 Å². The summed E-state index contributed by atoms with van der Waals surface area (Å²) in [5, 5.41) is 5.91. The predicted octanol–water partition coefficient (Wildman–Crippen LogP) is 5.01. The van der Waals surface area contributed by atoms with Gasteiger partial charge in [0.05, 0.1) is 16.3 Å². The zero-order valence-electron chi connectivity index (χ0n) is 17.8. The number of hydrogen-bond donors (Lipinski definition) is 3. The Bertz CT molecular complexity index is 1370. The van der Waals surface area contributed by atoms with E-state index in [1.165, 1.54) is 6.20 Å². The highest BCUT2D eigenvalue weighted by Crippen LogP contribution is 2.24. The third kappa shape index (κ3) is 5.11. The van der Waals surface area contributed by atoms with Crippen molar-refractivity contribution >= 4 is 40.8 Å². The molecule has 0 saturated carbocycles. The van der Waals surface area contributed by atoms with Crippen molar-refractivity contribution in [1.29, 1.82) is 0 Å². The summed E-state index contributed by atoms with van der Waals surface area (Å²) < 4.78 is 0. The van der Waals surface area contributed by atoms with Crippen molar-refractivity contribution in [3.8, 4) is 11.1 Å². The molecule has 8 heteroatoms. The second-order valence-electron chi connectivity index (χ2n) is 7.30. The van der Waals surface area contributed by atoms with Gasteiger partial charge in [-0.2, -0.15) is 0 Å². The molecule has 0 unspecified atom stereocenters. The molecular formula is C26H19ClN4O3. The highest BCUT2D eigenvalue weighted by molar-refractivity contribution is 6.30. The maximum absolute atomic E-state index is 12.9. The monoisotopic (exact) mass is 470 g/mol. The molecule has 1 aromatic heterocycles. The summed E-state index contributed by atoms with van der Waals surface area (Å²) in [5.41, 5.74) is 8.30. The number of primary amides is 1. The van der Waals surface area contributed by atoms with Crippen molar-refractivity contribution in [3.63, 3.8) is 0 Å². The third-order valence-electron chi connectivity index (χ3n) is 5.04. The van der Waals surface area contributed by atoms with Crippen LogP contribution in [0.1, 0.15) is 31.1 Å². The van der Waals surface area contributed by atoms with Gasteiger partial charge < -0.3 is 16.4 Å². The summed E-state index contributed by atoms with van der Waals surface area (Å²) in [6, 6.07) is 23.6. The van der Waals surface area contributed by atoms with E-state index in [1.807, 2.05) is 6.07 Å². The minimum Gasteiger partial charge on any atom is -0.366 e. The van der Waals surface area contributed by atoms with Crippen LogP contribution in [0.2, 0.25) is 5.02 Å². The van der Waals surface area contributed by atoms with E-state index in [1.54, 1.807) is 78.9 Å². The maximum atomic E-state index is 12.9. The number of nitrogens with two attached hydrogens (primary N) is 1. The molecule has 0 saturated heterocycles. The van der Waals surface area contributed by atoms with Crippen molar-refractivity contribution < 1.29 is 14.4 Å². The Balaban J connectivity index is 1.52. The Labute approximate surface area is 200 Å². The Morgan fingerprint density at radius 3 is 2.09 bits per heavy atom. The lowest BCUT2D eigenvalue weighted by atomic mass is 9.98. The van der Waals surface area contributed by atoms with Gasteiger partial charge >= 0.3 is 0 Å². The fraction of sp³-hybridized carbons (Fsp3) is 0. The summed E-state index contributed by atoms with van der Waals surface area (Å²) in [7, 11) is 0. The molecule has 1 heterocycles. The SMILES string of the molecule is NC(=O)c1ccccc1-c1ccc(C(=O)Nc2ccccc2C(=O)Nc2ccc(Cl)cn2)cc1. The fourth-order valence-corrected chi connectivity index (χ4v) is 3.48. The van der Waals surface area contributed by atoms with Crippen molar-refractivity contribution in [1.82, 2.24) is 4.98 Å². The second kappa shape index (κ2) is 9.97. The molecule has 7 nitrogen and oxygen atoms in total. The van der Waals surface area contributed by atoms with Crippen LogP contribution in [0.25, 0.3) is 11.1 Å². The van der Waals surface area contributed by atoms with Gasteiger partial charge in [-0.1, -0.05) is 54.1 Å². The number of nitrogens with zero attached hydrogens (tertiary/aromatic N) is 1. The van der Waals surface area contributed by atoms with Gasteiger partial charge in [0.15, 0.2) is 0 Å². The number of carbonyl (C=O) groups excluding carboxylic acids is 3. The number of amides is 3. The number of nitrogens with one attached hydrogen (secondary N) is 2. The topological polar surface area (TPSA) is 114 Å². The molecule has 0 fully saturated rings. The highest BCUT2D eigenvalue weighted by Gasteiger charge is 2.15. The molecule has 3 amide bonds. The van der Waals surface area contributed by atoms with E-state index in [0.29, 0.717) is 33.2 Å². The van der Waals surface area contributed by atoms with Crippen LogP contribution >= 0.6 is 11.6 Å². The normalized spacial score (nSPS) is 10.4. The van der Waals surface area contributed by atoms with Crippen molar-refractivity contribution in [3.05, 3.63) is 113 Å². The van der Waals surface area contributed by atoms with E-state index >= 15 is 0 Å². The summed E-state index contributed by atoms with van der Waals surface area (Å²) in [4.78, 5) is 41.4. The largest absolute Gasteiger partial charge is 0.366 e. The van der Waals surface area contributed by atoms with Gasteiger partial charge in [-0.15, -0.1) is 0 Å². The van der Waals surface area contributed by atoms with Gasteiger partial charge in [0.1, 0.15) is 5.82 Å². The molecule has 3 aromatic carbocycles. The highest BCUT2D eigenvalue weighted by atomic mass is 35.5. The van der Waals surface area contributed by atoms with E-state index in [-0.39, 0.29) is 11.5 Å². The molecule has 0 aliphatic heterocycles. The molecule has 0 radical (unpaired) electrons. The zero-order valence-corrected chi connectivity index (χ0v) is 18.5. The maximum Gasteiger partial charge on any atom is 0.258 e. The Morgan fingerprint density at radius 1 is 0.735 bits per heavy atom. The lowest BCUT2D eigenvalue weighted by Crippen LogP contribution is -2.18. The van der Waals surface area contributed by atoms with E-state index < -0.39 is 11.8 Å². The van der Waals surface area contributed by atoms with E-state index in [9.17, 15) is 14.4 Å². The summed E-state index contributed by atoms with van der Waals surface area (Å²) in [6.45, 7) is 0. The van der Waals surface area contributed by atoms with Crippen LogP contribution in [0.4, 0.5) is 11.5 Å². The number of anilines is 2. The van der Waals surface area contributed by atoms with E-state index in [0.717, 1.165) is 5.56 Å². The van der Waals surface area contributed by atoms with E-state index in [2.05, 4.69) is 15.6 Å². The van der Waals surface area contributed by atoms with Gasteiger partial charge in [0.2, 0.25) is 5.91 Å². The average molecular weight is 471 g/mol. The molecule has 0 atom stereocenters. The fourth-order valence-electron chi connectivity index (χ4n) is 3.37. The zero-order chi connectivity index (χ0) is 24.1. The van der Waals surface area contributed by atoms with Gasteiger partial charge in [0, 0.05) is 17.3 Å². The number of rotatable bonds is 6. The average Bonchev–Trinajstić information content (AvgIpc) is 2.85. The number of pyridine rings is 1. The number of halogens is 1. The summed E-state index contributed by atoms with van der Waals surface area (Å²) in [5.74, 6) is -1.01. The third-order valence-corrected chi connectivity index (χ3v) is 5.26. The smallest absolute Gasteiger partial charge is 0.258 e. The molecule has 4 N–H and O–H groups in total. The Morgan fingerprint density at radius 2 is 1.41 bits per heavy atom. The molecule has 4 rings (SSSR count). The standard InChI is InChI=1S/C26H19ClN4O3/c27-18-13-14-23(29-15-18)31-26(34)21-7-3-4-8-22(21)30-25(33)17-11-9-16(10-12-17)19-5-1-2-6-20(19)24(28)32/h1-15H,(H2,28,32)(H,30,33)(H,29,31,34). The molecule has 34 heavy (non-hydrogen) atoms. The number of benzene rings is 3. The lowest BCUT2D eigenvalue weighted by molar-refractivity contribution is 0.0995. The van der Waals surface area contributed by atoms with E-state index in [4.69, 9.17) is 17.3 Å². The van der Waals surface area contributed by atoms with Crippen LogP contribution < -0.4 is 16.4 Å². The first-order valence-electron chi connectivity index (χ1n) is 10.2. The predicted molar refractivity (Wildman–Crippen MR) is 132 cm³/mol. The Kier molecular flexibility index (Phi) is 6.66. The van der Waals surface area contributed by atoms with Crippen molar-refractivity contribution in [2.45, 2.75) is 0 Å². The number of carbonyl (C=O) groups is 3. The van der Waals surface area contributed by atoms with Crippen LogP contribution in [0, 0.1) is 0 Å².